The summed E-state index contributed by atoms with van der Waals surface area (Å²) in [5.74, 6) is 2.20. The normalized spacial score (nSPS) is 9.88. The highest BCUT2D eigenvalue weighted by Crippen LogP contribution is 2.31. The Morgan fingerprint density at radius 3 is 2.38 bits per heavy atom. The molecular weight excluding hydrogens is 204 g/mol. The van der Waals surface area contributed by atoms with Gasteiger partial charge in [0.2, 0.25) is 0 Å². The molecule has 0 N–H and O–H groups in total. The minimum atomic E-state index is 0.694. The fraction of sp³-hybridized carbons (Fsp3) is 0.154. The summed E-state index contributed by atoms with van der Waals surface area (Å²) in [5.41, 5.74) is 0.957. The fourth-order valence-electron chi connectivity index (χ4n) is 1.49. The highest BCUT2D eigenvalue weighted by Gasteiger charge is 2.12. The second-order valence-electron chi connectivity index (χ2n) is 3.24. The lowest BCUT2D eigenvalue weighted by molar-refractivity contribution is 0.355. The van der Waals surface area contributed by atoms with Crippen molar-refractivity contribution in [1.29, 1.82) is 0 Å². The largest absolute Gasteiger partial charge is 0.493 e. The Kier molecular flexibility index (Phi) is 3.05. The lowest BCUT2D eigenvalue weighted by atomic mass is 10.1. The predicted molar refractivity (Wildman–Crippen MR) is 61.7 cm³/mol. The molecule has 0 spiro atoms. The summed E-state index contributed by atoms with van der Waals surface area (Å²) in [5, 5.41) is 0. The van der Waals surface area contributed by atoms with Gasteiger partial charge in [-0.25, -0.2) is 4.42 Å². The number of ether oxygens (including phenoxy) is 2. The summed E-state index contributed by atoms with van der Waals surface area (Å²) < 4.78 is 15.8. The van der Waals surface area contributed by atoms with Crippen LogP contribution in [0.2, 0.25) is 0 Å². The van der Waals surface area contributed by atoms with Crippen molar-refractivity contribution < 1.29 is 13.9 Å². The summed E-state index contributed by atoms with van der Waals surface area (Å²) in [6.45, 7) is 0. The number of hydrogen-bond donors (Lipinski definition) is 0. The highest BCUT2D eigenvalue weighted by molar-refractivity contribution is 5.62. The summed E-state index contributed by atoms with van der Waals surface area (Å²) in [4.78, 5) is 0. The average Bonchev–Trinajstić information content (AvgIpc) is 2.39. The molecule has 0 bridgehead atoms. The number of benzene rings is 1. The van der Waals surface area contributed by atoms with Gasteiger partial charge in [-0.15, -0.1) is 0 Å². The van der Waals surface area contributed by atoms with Gasteiger partial charge in [0.05, 0.1) is 19.8 Å². The lowest BCUT2D eigenvalue weighted by Gasteiger charge is -2.06. The van der Waals surface area contributed by atoms with Gasteiger partial charge in [-0.3, -0.25) is 0 Å². The number of rotatable bonds is 3. The van der Waals surface area contributed by atoms with E-state index in [0.717, 1.165) is 11.3 Å². The first-order chi connectivity index (χ1) is 7.85. The van der Waals surface area contributed by atoms with Gasteiger partial charge in [0.15, 0.2) is 11.5 Å². The molecule has 0 saturated heterocycles. The van der Waals surface area contributed by atoms with E-state index < -0.39 is 0 Å². The van der Waals surface area contributed by atoms with E-state index in [4.69, 9.17) is 13.9 Å². The third kappa shape index (κ3) is 1.98. The zero-order valence-electron chi connectivity index (χ0n) is 9.27. The summed E-state index contributed by atoms with van der Waals surface area (Å²) in [6.07, 6.45) is 1.64. The van der Waals surface area contributed by atoms with E-state index in [2.05, 4.69) is 0 Å². The second kappa shape index (κ2) is 4.66. The molecule has 2 aromatic rings. The van der Waals surface area contributed by atoms with Crippen molar-refractivity contribution >= 4 is 0 Å². The van der Waals surface area contributed by atoms with Crippen molar-refractivity contribution in [1.82, 2.24) is 0 Å². The zero-order chi connectivity index (χ0) is 11.4. The SMILES string of the molecule is COc1ccc(-c2cccc[o+]2)cc1OC. The van der Waals surface area contributed by atoms with E-state index in [0.29, 0.717) is 11.5 Å². The van der Waals surface area contributed by atoms with Gasteiger partial charge >= 0.3 is 12.0 Å². The Hall–Kier alpha value is -2.03. The van der Waals surface area contributed by atoms with E-state index in [9.17, 15) is 0 Å². The first-order valence-corrected chi connectivity index (χ1v) is 4.94. The molecule has 2 rings (SSSR count). The average molecular weight is 217 g/mol. The molecular formula is C13H13O3+. The fourth-order valence-corrected chi connectivity index (χ4v) is 1.49. The van der Waals surface area contributed by atoms with E-state index >= 15 is 0 Å². The molecule has 82 valence electrons. The Morgan fingerprint density at radius 1 is 0.938 bits per heavy atom. The topological polar surface area (TPSA) is 29.8 Å². The standard InChI is InChI=1S/C13H13O3/c1-14-12-7-6-10(9-13(12)15-2)11-5-3-4-8-16-11/h3-9H,1-2H3/q+1. The first-order valence-electron chi connectivity index (χ1n) is 4.94. The third-order valence-corrected chi connectivity index (χ3v) is 2.30. The van der Waals surface area contributed by atoms with Crippen LogP contribution in [-0.2, 0) is 0 Å². The molecule has 3 heteroatoms. The number of hydrogen-bond acceptors (Lipinski definition) is 2. The van der Waals surface area contributed by atoms with Crippen molar-refractivity contribution in [3.05, 3.63) is 42.7 Å². The van der Waals surface area contributed by atoms with Gasteiger partial charge < -0.3 is 9.47 Å². The maximum atomic E-state index is 5.39. The molecule has 0 unspecified atom stereocenters. The van der Waals surface area contributed by atoms with E-state index in [1.54, 1.807) is 20.5 Å². The van der Waals surface area contributed by atoms with Crippen molar-refractivity contribution in [3.63, 3.8) is 0 Å². The Morgan fingerprint density at radius 2 is 1.75 bits per heavy atom. The highest BCUT2D eigenvalue weighted by atomic mass is 16.5. The molecule has 1 heterocycles. The monoisotopic (exact) mass is 217 g/mol. The van der Waals surface area contributed by atoms with Crippen LogP contribution in [0.3, 0.4) is 0 Å². The van der Waals surface area contributed by atoms with Crippen LogP contribution in [-0.4, -0.2) is 14.2 Å². The molecule has 1 aromatic carbocycles. The minimum Gasteiger partial charge on any atom is -0.493 e. The van der Waals surface area contributed by atoms with Crippen molar-refractivity contribution in [2.24, 2.45) is 0 Å². The van der Waals surface area contributed by atoms with Gasteiger partial charge in [0.1, 0.15) is 0 Å². The van der Waals surface area contributed by atoms with Gasteiger partial charge in [-0.1, -0.05) is 0 Å². The second-order valence-corrected chi connectivity index (χ2v) is 3.24. The van der Waals surface area contributed by atoms with Crippen LogP contribution in [0, 0.1) is 0 Å². The van der Waals surface area contributed by atoms with E-state index in [-0.39, 0.29) is 0 Å². The molecule has 0 amide bonds. The van der Waals surface area contributed by atoms with Crippen LogP contribution in [0.15, 0.2) is 47.1 Å². The lowest BCUT2D eigenvalue weighted by Crippen LogP contribution is -1.90. The van der Waals surface area contributed by atoms with Crippen LogP contribution in [0.25, 0.3) is 11.3 Å². The maximum absolute atomic E-state index is 5.39. The predicted octanol–water partition coefficient (Wildman–Crippen LogP) is 3.24. The Labute approximate surface area is 94.3 Å². The quantitative estimate of drug-likeness (QED) is 0.739. The van der Waals surface area contributed by atoms with Crippen LogP contribution in [0.1, 0.15) is 0 Å². The molecule has 3 nitrogen and oxygen atoms in total. The Bertz CT molecular complexity index is 466. The van der Waals surface area contributed by atoms with Crippen LogP contribution in [0.4, 0.5) is 0 Å². The summed E-state index contributed by atoms with van der Waals surface area (Å²) >= 11 is 0. The van der Waals surface area contributed by atoms with Crippen LogP contribution in [0.5, 0.6) is 11.5 Å². The molecule has 0 aliphatic heterocycles. The third-order valence-electron chi connectivity index (χ3n) is 2.30. The van der Waals surface area contributed by atoms with Crippen LogP contribution >= 0.6 is 0 Å². The molecule has 16 heavy (non-hydrogen) atoms. The molecule has 0 fully saturated rings. The van der Waals surface area contributed by atoms with Gasteiger partial charge in [0.25, 0.3) is 0 Å². The van der Waals surface area contributed by atoms with Crippen molar-refractivity contribution in [2.45, 2.75) is 0 Å². The van der Waals surface area contributed by atoms with Gasteiger partial charge in [0, 0.05) is 18.2 Å². The maximum Gasteiger partial charge on any atom is 0.359 e. The summed E-state index contributed by atoms with van der Waals surface area (Å²) in [6, 6.07) is 11.3. The smallest absolute Gasteiger partial charge is 0.359 e. The van der Waals surface area contributed by atoms with Gasteiger partial charge in [-0.05, 0) is 18.2 Å². The van der Waals surface area contributed by atoms with Crippen molar-refractivity contribution in [2.75, 3.05) is 14.2 Å². The molecule has 0 aliphatic rings. The molecule has 1 aromatic heterocycles. The molecule has 0 atom stereocenters. The van der Waals surface area contributed by atoms with Gasteiger partial charge in [-0.2, -0.15) is 0 Å². The number of methoxy groups -OCH3 is 2. The minimum absolute atomic E-state index is 0.694. The van der Waals surface area contributed by atoms with Crippen molar-refractivity contribution in [3.8, 4) is 22.8 Å². The van der Waals surface area contributed by atoms with E-state index in [1.807, 2.05) is 36.4 Å². The zero-order valence-corrected chi connectivity index (χ0v) is 9.27. The first kappa shape index (κ1) is 10.5. The molecule has 0 radical (unpaired) electrons. The summed E-state index contributed by atoms with van der Waals surface area (Å²) in [7, 11) is 3.23. The molecule has 0 aliphatic carbocycles. The molecule has 0 saturated carbocycles. The Balaban J connectivity index is 2.44. The van der Waals surface area contributed by atoms with E-state index in [1.165, 1.54) is 0 Å². The van der Waals surface area contributed by atoms with Crippen LogP contribution < -0.4 is 9.47 Å².